The molecule has 11 heteroatoms. The maximum absolute atomic E-state index is 13.5. The number of hydrogen-bond donors (Lipinski definition) is 2. The van der Waals surface area contributed by atoms with Gasteiger partial charge in [0.05, 0.1) is 24.1 Å². The van der Waals surface area contributed by atoms with Crippen molar-refractivity contribution in [3.05, 3.63) is 47.8 Å². The molecule has 0 spiro atoms. The Morgan fingerprint density at radius 1 is 1.18 bits per heavy atom. The Morgan fingerprint density at radius 3 is 2.67 bits per heavy atom. The Balaban J connectivity index is 1.80. The summed E-state index contributed by atoms with van der Waals surface area (Å²) in [6.45, 7) is 4.88. The Hall–Kier alpha value is -3.89. The Labute approximate surface area is 234 Å². The first-order valence-electron chi connectivity index (χ1n) is 13.9. The Bertz CT molecular complexity index is 1150. The van der Waals surface area contributed by atoms with Crippen LogP contribution in [0.2, 0.25) is 0 Å². The summed E-state index contributed by atoms with van der Waals surface area (Å²) in [5.41, 5.74) is 1.35. The molecule has 2 aromatic rings. The average molecular weight is 554 g/mol. The number of rotatable bonds is 7. The van der Waals surface area contributed by atoms with Crippen LogP contribution in [0.5, 0.6) is 0 Å². The fourth-order valence-corrected chi connectivity index (χ4v) is 4.57. The summed E-state index contributed by atoms with van der Waals surface area (Å²) in [7, 11) is 0. The maximum Gasteiger partial charge on any atom is 0.306 e. The van der Waals surface area contributed by atoms with Gasteiger partial charge in [0.15, 0.2) is 5.78 Å². The number of amides is 2. The molecule has 2 heterocycles. The lowest BCUT2D eigenvalue weighted by Crippen LogP contribution is -2.46. The van der Waals surface area contributed by atoms with Gasteiger partial charge in [-0.25, -0.2) is 0 Å². The number of nitrogens with one attached hydrogen (secondary N) is 2. The number of aryl methyl sites for hydroxylation is 1. The number of esters is 1. The normalized spacial score (nSPS) is 21.6. The molecule has 3 atom stereocenters. The standard InChI is InChI=1S/C29H39N5O6/c1-20(2)13-25-26(36)14-22(18-35)9-10-27(37)30-11-6-12-34-17-24(32-33-34)15-23(29(39)31-25)16-28(38)40-19-21-7-4-3-5-8-21/h3-5,7-8,17-18,20,22-23,25H,6,9-16,19H2,1-2H3,(H,30,37)(H,31,39)/t22-,23-,25+/m1/s1. The van der Waals surface area contributed by atoms with Crippen LogP contribution in [0, 0.1) is 17.8 Å². The van der Waals surface area contributed by atoms with Crippen molar-refractivity contribution in [2.75, 3.05) is 6.54 Å². The van der Waals surface area contributed by atoms with Crippen molar-refractivity contribution in [2.45, 2.75) is 78.0 Å². The van der Waals surface area contributed by atoms with Crippen LogP contribution in [0.3, 0.4) is 0 Å². The highest BCUT2D eigenvalue weighted by Gasteiger charge is 2.30. The molecule has 40 heavy (non-hydrogen) atoms. The molecule has 2 amide bonds. The molecule has 3 rings (SSSR count). The molecule has 0 saturated carbocycles. The van der Waals surface area contributed by atoms with Crippen molar-refractivity contribution in [3.63, 3.8) is 0 Å². The van der Waals surface area contributed by atoms with Gasteiger partial charge < -0.3 is 20.2 Å². The van der Waals surface area contributed by atoms with Gasteiger partial charge in [-0.05, 0) is 30.7 Å². The molecular weight excluding hydrogens is 514 g/mol. The number of benzene rings is 1. The van der Waals surface area contributed by atoms with Crippen LogP contribution >= 0.6 is 0 Å². The lowest BCUT2D eigenvalue weighted by molar-refractivity contribution is -0.148. The number of aromatic nitrogens is 3. The Morgan fingerprint density at radius 2 is 1.95 bits per heavy atom. The first kappa shape index (κ1) is 30.6. The predicted molar refractivity (Wildman–Crippen MR) is 145 cm³/mol. The van der Waals surface area contributed by atoms with Gasteiger partial charge in [0, 0.05) is 44.5 Å². The van der Waals surface area contributed by atoms with Crippen LogP contribution in [-0.2, 0) is 48.3 Å². The van der Waals surface area contributed by atoms with E-state index in [0.29, 0.717) is 37.9 Å². The zero-order chi connectivity index (χ0) is 28.9. The largest absolute Gasteiger partial charge is 0.461 e. The summed E-state index contributed by atoms with van der Waals surface area (Å²) in [5.74, 6) is -2.85. The van der Waals surface area contributed by atoms with Crippen LogP contribution in [-0.4, -0.2) is 57.4 Å². The Kier molecular flexibility index (Phi) is 12.0. The van der Waals surface area contributed by atoms with E-state index in [2.05, 4.69) is 20.9 Å². The van der Waals surface area contributed by atoms with E-state index in [0.717, 1.165) is 5.56 Å². The van der Waals surface area contributed by atoms with Crippen molar-refractivity contribution in [1.29, 1.82) is 0 Å². The molecule has 0 radical (unpaired) electrons. The summed E-state index contributed by atoms with van der Waals surface area (Å²) in [6, 6.07) is 8.42. The molecule has 2 N–H and O–H groups in total. The molecule has 1 aliphatic rings. The summed E-state index contributed by atoms with van der Waals surface area (Å²) < 4.78 is 7.06. The molecule has 0 fully saturated rings. The molecule has 1 aromatic carbocycles. The molecular formula is C29H39N5O6. The van der Waals surface area contributed by atoms with E-state index in [1.807, 2.05) is 44.2 Å². The van der Waals surface area contributed by atoms with E-state index in [-0.39, 0.29) is 56.3 Å². The molecule has 0 saturated heterocycles. The summed E-state index contributed by atoms with van der Waals surface area (Å²) in [5, 5.41) is 13.9. The first-order chi connectivity index (χ1) is 19.2. The maximum atomic E-state index is 13.5. The smallest absolute Gasteiger partial charge is 0.306 e. The number of fused-ring (bicyclic) bond motifs is 2. The lowest BCUT2D eigenvalue weighted by Gasteiger charge is -2.24. The van der Waals surface area contributed by atoms with E-state index in [1.165, 1.54) is 0 Å². The van der Waals surface area contributed by atoms with Crippen molar-refractivity contribution >= 4 is 29.9 Å². The molecule has 2 bridgehead atoms. The minimum absolute atomic E-state index is 0.0768. The molecule has 0 unspecified atom stereocenters. The zero-order valence-corrected chi connectivity index (χ0v) is 23.2. The molecule has 11 nitrogen and oxygen atoms in total. The topological polar surface area (TPSA) is 149 Å². The number of ether oxygens (including phenoxy) is 1. The van der Waals surface area contributed by atoms with Crippen molar-refractivity contribution in [3.8, 4) is 0 Å². The third-order valence-corrected chi connectivity index (χ3v) is 6.76. The summed E-state index contributed by atoms with van der Waals surface area (Å²) in [4.78, 5) is 63.4. The fraction of sp³-hybridized carbons (Fsp3) is 0.552. The van der Waals surface area contributed by atoms with Gasteiger partial charge in [-0.15, -0.1) is 5.10 Å². The highest BCUT2D eigenvalue weighted by atomic mass is 16.5. The summed E-state index contributed by atoms with van der Waals surface area (Å²) in [6.07, 6.45) is 3.61. The van der Waals surface area contributed by atoms with Gasteiger partial charge in [-0.2, -0.15) is 0 Å². The summed E-state index contributed by atoms with van der Waals surface area (Å²) >= 11 is 0. The third kappa shape index (κ3) is 10.3. The van der Waals surface area contributed by atoms with Gasteiger partial charge in [-0.3, -0.25) is 23.9 Å². The van der Waals surface area contributed by atoms with Crippen LogP contribution < -0.4 is 10.6 Å². The van der Waals surface area contributed by atoms with Crippen molar-refractivity contribution in [1.82, 2.24) is 25.6 Å². The van der Waals surface area contributed by atoms with E-state index in [9.17, 15) is 24.0 Å². The second kappa shape index (κ2) is 15.6. The number of ketones is 1. The number of aldehydes is 1. The second-order valence-corrected chi connectivity index (χ2v) is 10.7. The zero-order valence-electron chi connectivity index (χ0n) is 23.2. The molecule has 0 aliphatic carbocycles. The number of carbonyl (C=O) groups excluding carboxylic acids is 5. The molecule has 216 valence electrons. The van der Waals surface area contributed by atoms with Gasteiger partial charge in [0.25, 0.3) is 0 Å². The number of Topliss-reactive ketones (excluding diaryl/α,β-unsaturated/α-hetero) is 1. The highest BCUT2D eigenvalue weighted by Crippen LogP contribution is 2.18. The number of nitrogens with zero attached hydrogens (tertiary/aromatic N) is 3. The minimum atomic E-state index is -0.837. The molecule has 1 aliphatic heterocycles. The van der Waals surface area contributed by atoms with E-state index in [4.69, 9.17) is 4.74 Å². The fourth-order valence-electron chi connectivity index (χ4n) is 4.57. The molecule has 1 aromatic heterocycles. The van der Waals surface area contributed by atoms with Crippen molar-refractivity contribution < 1.29 is 28.7 Å². The van der Waals surface area contributed by atoms with E-state index >= 15 is 0 Å². The second-order valence-electron chi connectivity index (χ2n) is 10.7. The van der Waals surface area contributed by atoms with Crippen molar-refractivity contribution in [2.24, 2.45) is 17.8 Å². The number of hydrogen-bond acceptors (Lipinski definition) is 8. The SMILES string of the molecule is CC(C)C[C@@H]1NC(=O)[C@@H](CC(=O)OCc2ccccc2)Cc2cn(nn2)CCCNC(=O)CC[C@@H](C=O)CC1=O. The first-order valence-corrected chi connectivity index (χ1v) is 13.9. The predicted octanol–water partition coefficient (Wildman–Crippen LogP) is 2.18. The van der Waals surface area contributed by atoms with Gasteiger partial charge in [0.2, 0.25) is 11.8 Å². The van der Waals surface area contributed by atoms with Gasteiger partial charge >= 0.3 is 5.97 Å². The van der Waals surface area contributed by atoms with Crippen LogP contribution in [0.25, 0.3) is 0 Å². The lowest BCUT2D eigenvalue weighted by atomic mass is 9.90. The van der Waals surface area contributed by atoms with Gasteiger partial charge in [0.1, 0.15) is 12.9 Å². The highest BCUT2D eigenvalue weighted by molar-refractivity contribution is 5.92. The third-order valence-electron chi connectivity index (χ3n) is 6.76. The van der Waals surface area contributed by atoms with Gasteiger partial charge in [-0.1, -0.05) is 49.4 Å². The monoisotopic (exact) mass is 553 g/mol. The minimum Gasteiger partial charge on any atom is -0.461 e. The van der Waals surface area contributed by atoms with Crippen LogP contribution in [0.15, 0.2) is 36.5 Å². The average Bonchev–Trinajstić information content (AvgIpc) is 3.38. The van der Waals surface area contributed by atoms with E-state index < -0.39 is 29.8 Å². The van der Waals surface area contributed by atoms with Crippen LogP contribution in [0.4, 0.5) is 0 Å². The van der Waals surface area contributed by atoms with Crippen LogP contribution in [0.1, 0.15) is 63.6 Å². The van der Waals surface area contributed by atoms with E-state index in [1.54, 1.807) is 10.9 Å². The number of carbonyl (C=O) groups is 5. The quantitative estimate of drug-likeness (QED) is 0.391.